The Kier molecular flexibility index (Phi) is 0.219. The van der Waals surface area contributed by atoms with E-state index in [1.165, 1.54) is 0 Å². The zero-order chi connectivity index (χ0) is 5.86. The molecular formula is CH4N2S. The highest BCUT2D eigenvalue weighted by Crippen LogP contribution is 1.32. The molecule has 0 amide bonds. The first-order chi connectivity index (χ1) is 3.18. The predicted molar refractivity (Wildman–Crippen MR) is 21.0 cm³/mol. The van der Waals surface area contributed by atoms with Crippen molar-refractivity contribution >= 4 is 17.3 Å². The first-order valence-corrected chi connectivity index (χ1v) is 1.09. The fourth-order valence-corrected chi connectivity index (χ4v) is 0. The van der Waals surface area contributed by atoms with Gasteiger partial charge in [0.1, 0.15) is 0 Å². The summed E-state index contributed by atoms with van der Waals surface area (Å²) in [5, 5.41) is -0.236. The number of rotatable bonds is 0. The summed E-state index contributed by atoms with van der Waals surface area (Å²) in [6.45, 7) is 0. The number of nitrogens with two attached hydrogens (primary N) is 2. The highest BCUT2D eigenvalue weighted by Gasteiger charge is 1.53. The molecule has 0 bridgehead atoms. The van der Waals surface area contributed by atoms with Crippen LogP contribution >= 0.6 is 12.2 Å². The molecule has 0 spiro atoms. The molecule has 0 unspecified atom stereocenters. The molecule has 4 heavy (non-hydrogen) atoms. The van der Waals surface area contributed by atoms with Crippen molar-refractivity contribution < 1.29 is 4.24 Å². The topological polar surface area (TPSA) is 52.0 Å². The van der Waals surface area contributed by atoms with Crippen molar-refractivity contribution in [3.8, 4) is 0 Å². The molecule has 0 aromatic carbocycles. The van der Waals surface area contributed by atoms with Crippen LogP contribution in [-0.4, -0.2) is 5.11 Å². The molecule has 24 valence electrons. The Balaban J connectivity index is 3.35. The molecule has 0 rings (SSSR count). The van der Waals surface area contributed by atoms with Crippen molar-refractivity contribution in [3.63, 3.8) is 0 Å². The highest BCUT2D eigenvalue weighted by atomic mass is 32.1. The second-order valence-corrected chi connectivity index (χ2v) is 0.692. The molecule has 0 aliphatic carbocycles. The quantitative estimate of drug-likeness (QED) is 0.373. The van der Waals surface area contributed by atoms with Crippen LogP contribution in [0.5, 0.6) is 0 Å². The third-order valence-electron chi connectivity index (χ3n) is 0. The molecule has 0 saturated heterocycles. The number of thiocarbonyl (C=S) groups is 1. The van der Waals surface area contributed by atoms with Crippen molar-refractivity contribution in [2.75, 3.05) is 0 Å². The van der Waals surface area contributed by atoms with E-state index in [0.717, 1.165) is 0 Å². The molecule has 0 aliphatic rings. The molecule has 0 heterocycles. The smallest absolute Gasteiger partial charge is 0.160 e. The van der Waals surface area contributed by atoms with E-state index >= 15 is 0 Å². The van der Waals surface area contributed by atoms with Gasteiger partial charge in [-0.1, -0.05) is 0 Å². The molecule has 4 N–H and O–H groups in total. The van der Waals surface area contributed by atoms with E-state index in [9.17, 15) is 0 Å². The van der Waals surface area contributed by atoms with Gasteiger partial charge in [0, 0.05) is 0 Å². The fourth-order valence-electron chi connectivity index (χ4n) is 0. The Labute approximate surface area is 34.2 Å². The lowest BCUT2D eigenvalue weighted by Crippen LogP contribution is -2.18. The molecule has 0 radical (unpaired) electrons. The van der Waals surface area contributed by atoms with E-state index < -0.39 is 0 Å². The molecule has 2 nitrogen and oxygen atoms in total. The van der Waals surface area contributed by atoms with Crippen LogP contribution < -0.4 is 11.4 Å². The molecule has 0 atom stereocenters. The minimum Gasteiger partial charge on any atom is -0.377 e. The van der Waals surface area contributed by atoms with Crippen molar-refractivity contribution in [1.82, 2.24) is 0 Å². The van der Waals surface area contributed by atoms with Crippen molar-refractivity contribution in [3.05, 3.63) is 0 Å². The van der Waals surface area contributed by atoms with Gasteiger partial charge in [-0.3, -0.25) is 0 Å². The van der Waals surface area contributed by atoms with Gasteiger partial charge in [0.15, 0.2) is 9.35 Å². The normalized spacial score (nSPS) is 14.5. The molecule has 0 aliphatic heterocycles. The lowest BCUT2D eigenvalue weighted by Gasteiger charge is -1.68. The molecule has 0 saturated carbocycles. The first-order valence-electron chi connectivity index (χ1n) is 2.07. The Hall–Kier alpha value is -0.310. The summed E-state index contributed by atoms with van der Waals surface area (Å²) in [6, 6.07) is 0. The van der Waals surface area contributed by atoms with Crippen LogP contribution in [0.1, 0.15) is 0 Å². The maximum atomic E-state index is 6.36. The largest absolute Gasteiger partial charge is 0.377 e. The van der Waals surface area contributed by atoms with Gasteiger partial charge in [0.2, 0.25) is 0 Å². The second-order valence-electron chi connectivity index (χ2n) is 0.305. The zero-order valence-electron chi connectivity index (χ0n) is 4.86. The maximum absolute atomic E-state index is 6.36. The van der Waals surface area contributed by atoms with E-state index in [4.69, 9.17) is 4.24 Å². The highest BCUT2D eigenvalue weighted by molar-refractivity contribution is 7.80. The Morgan fingerprint density at radius 2 is 3.00 bits per heavy atom. The molecule has 0 fully saturated rings. The fraction of sp³-hybridized carbons (Fsp3) is 0. The van der Waals surface area contributed by atoms with Crippen LogP contribution in [-0.2, 0) is 0 Å². The van der Waals surface area contributed by atoms with E-state index in [2.05, 4.69) is 12.2 Å². The molecule has 0 aromatic rings. The molecule has 3 heteroatoms. The summed E-state index contributed by atoms with van der Waals surface area (Å²) >= 11 is 4.23. The lowest BCUT2D eigenvalue weighted by molar-refractivity contribution is 1.65. The van der Waals surface area contributed by atoms with E-state index in [1.54, 1.807) is 5.73 Å². The summed E-state index contributed by atoms with van der Waals surface area (Å²) in [7, 11) is 0. The third kappa shape index (κ3) is 8.37. The minimum absolute atomic E-state index is 0.155. The van der Waals surface area contributed by atoms with Crippen LogP contribution in [0.4, 0.5) is 0 Å². The SMILES string of the molecule is [2H]NC(=S)N([2H])[2H]. The summed E-state index contributed by atoms with van der Waals surface area (Å²) in [6.07, 6.45) is 0. The van der Waals surface area contributed by atoms with Crippen LogP contribution in [0, 0.1) is 0 Å². The van der Waals surface area contributed by atoms with Crippen molar-refractivity contribution in [2.24, 2.45) is 11.4 Å². The van der Waals surface area contributed by atoms with Crippen LogP contribution in [0.2, 0.25) is 4.24 Å². The third-order valence-corrected chi connectivity index (χ3v) is 0. The standard InChI is InChI=1S/CH4N2S/c2-1(3)4/h(H4,2,3,4)/i/hD3. The molecule has 0 aromatic heterocycles. The van der Waals surface area contributed by atoms with Crippen LogP contribution in [0.15, 0.2) is 0 Å². The van der Waals surface area contributed by atoms with Crippen LogP contribution in [0.3, 0.4) is 0 Å². The van der Waals surface area contributed by atoms with E-state index in [0.29, 0.717) is 0 Å². The second kappa shape index (κ2) is 1.06. The van der Waals surface area contributed by atoms with E-state index in [1.807, 2.05) is 0 Å². The Bertz CT molecular complexity index is 73.3. The Morgan fingerprint density at radius 1 is 2.25 bits per heavy atom. The summed E-state index contributed by atoms with van der Waals surface area (Å²) in [5.74, 6) is 0. The van der Waals surface area contributed by atoms with Gasteiger partial charge in [0.05, 0.1) is 0 Å². The van der Waals surface area contributed by atoms with E-state index in [-0.39, 0.29) is 10.8 Å². The predicted octanol–water partition coefficient (Wildman–Crippen LogP) is -0.811. The average molecular weight is 79.1 g/mol. The van der Waals surface area contributed by atoms with Crippen molar-refractivity contribution in [1.29, 1.82) is 0 Å². The van der Waals surface area contributed by atoms with Gasteiger partial charge in [-0.05, 0) is 12.2 Å². The average Bonchev–Trinajstić information content (AvgIpc) is 1.65. The minimum atomic E-state index is -0.236. The molecular weight excluding hydrogens is 72.1 g/mol. The van der Waals surface area contributed by atoms with Gasteiger partial charge in [-0.15, -0.1) is 0 Å². The summed E-state index contributed by atoms with van der Waals surface area (Å²) < 4.78 is 19.0. The first kappa shape index (κ1) is 0.825. The van der Waals surface area contributed by atoms with Gasteiger partial charge >= 0.3 is 0 Å². The van der Waals surface area contributed by atoms with Gasteiger partial charge in [-0.25, -0.2) is 0 Å². The van der Waals surface area contributed by atoms with Crippen LogP contribution in [0.25, 0.3) is 0 Å². The number of hydrogen-bond acceptors (Lipinski definition) is 1. The van der Waals surface area contributed by atoms with Crippen molar-refractivity contribution in [2.45, 2.75) is 0 Å². The summed E-state index contributed by atoms with van der Waals surface area (Å²) in [5.41, 5.74) is 1.85. The van der Waals surface area contributed by atoms with Gasteiger partial charge in [0.25, 0.3) is 0 Å². The number of hydrogen-bond donors (Lipinski definition) is 2. The lowest BCUT2D eigenvalue weighted by atomic mass is 11.3. The van der Waals surface area contributed by atoms with Gasteiger partial charge in [-0.2, -0.15) is 0 Å². The van der Waals surface area contributed by atoms with Gasteiger partial charge < -0.3 is 11.4 Å². The zero-order valence-corrected chi connectivity index (χ0v) is 2.67. The summed E-state index contributed by atoms with van der Waals surface area (Å²) in [4.78, 5) is 0. The maximum Gasteiger partial charge on any atom is 0.160 e. The Morgan fingerprint density at radius 3 is 3.00 bits per heavy atom. The monoisotopic (exact) mass is 79.0 g/mol.